The summed E-state index contributed by atoms with van der Waals surface area (Å²) in [5, 5.41) is 3.74. The number of aromatic nitrogens is 2. The van der Waals surface area contributed by atoms with Crippen LogP contribution in [0.2, 0.25) is 0 Å². The van der Waals surface area contributed by atoms with E-state index < -0.39 is 0 Å². The lowest BCUT2D eigenvalue weighted by Crippen LogP contribution is -2.30. The highest BCUT2D eigenvalue weighted by Gasteiger charge is 2.18. The number of rotatable bonds is 2. The average Bonchev–Trinajstić information content (AvgIpc) is 2.86. The van der Waals surface area contributed by atoms with E-state index in [2.05, 4.69) is 15.0 Å². The Hall–Kier alpha value is -2.04. The maximum Gasteiger partial charge on any atom is 0.172 e. The van der Waals surface area contributed by atoms with Crippen LogP contribution in [0.15, 0.2) is 28.9 Å². The molecule has 0 aliphatic carbocycles. The molecule has 2 N–H and O–H groups in total. The van der Waals surface area contributed by atoms with Crippen molar-refractivity contribution in [2.45, 2.75) is 19.3 Å². The molecule has 0 amide bonds. The number of piperidine rings is 1. The fourth-order valence-electron chi connectivity index (χ4n) is 2.36. The van der Waals surface area contributed by atoms with E-state index in [1.807, 2.05) is 18.3 Å². The smallest absolute Gasteiger partial charge is 0.172 e. The molecule has 2 aromatic heterocycles. The summed E-state index contributed by atoms with van der Waals surface area (Å²) >= 11 is 0. The molecule has 2 aromatic rings. The number of pyridine rings is 1. The van der Waals surface area contributed by atoms with Crippen LogP contribution in [0.25, 0.3) is 11.3 Å². The summed E-state index contributed by atoms with van der Waals surface area (Å²) in [4.78, 5) is 6.79. The summed E-state index contributed by atoms with van der Waals surface area (Å²) in [5.41, 5.74) is 6.57. The molecule has 3 rings (SSSR count). The minimum absolute atomic E-state index is 0.401. The summed E-state index contributed by atoms with van der Waals surface area (Å²) < 4.78 is 5.24. The molecular weight excluding hydrogens is 228 g/mol. The monoisotopic (exact) mass is 244 g/mol. The second kappa shape index (κ2) is 4.68. The van der Waals surface area contributed by atoms with Crippen LogP contribution in [0, 0.1) is 0 Å². The van der Waals surface area contributed by atoms with E-state index in [-0.39, 0.29) is 0 Å². The predicted octanol–water partition coefficient (Wildman–Crippen LogP) is 2.31. The van der Waals surface area contributed by atoms with Crippen LogP contribution in [0.4, 0.5) is 11.6 Å². The summed E-state index contributed by atoms with van der Waals surface area (Å²) in [6, 6.07) is 5.64. The number of hydrogen-bond donors (Lipinski definition) is 1. The average molecular weight is 244 g/mol. The number of nitrogens with two attached hydrogens (primary N) is 1. The maximum absolute atomic E-state index is 5.61. The Bertz CT molecular complexity index is 531. The molecule has 0 radical (unpaired) electrons. The van der Waals surface area contributed by atoms with Gasteiger partial charge in [0.15, 0.2) is 11.6 Å². The van der Waals surface area contributed by atoms with Crippen LogP contribution >= 0.6 is 0 Å². The Morgan fingerprint density at radius 1 is 1.22 bits per heavy atom. The van der Waals surface area contributed by atoms with Crippen molar-refractivity contribution in [3.63, 3.8) is 0 Å². The van der Waals surface area contributed by atoms with Crippen LogP contribution < -0.4 is 10.6 Å². The maximum atomic E-state index is 5.61. The third-order valence-corrected chi connectivity index (χ3v) is 3.24. The van der Waals surface area contributed by atoms with Gasteiger partial charge < -0.3 is 15.2 Å². The normalized spacial score (nSPS) is 15.9. The molecule has 18 heavy (non-hydrogen) atoms. The van der Waals surface area contributed by atoms with Gasteiger partial charge in [-0.25, -0.2) is 4.98 Å². The summed E-state index contributed by atoms with van der Waals surface area (Å²) in [5.74, 6) is 2.05. The minimum Gasteiger partial charge on any atom is -0.381 e. The van der Waals surface area contributed by atoms with Crippen molar-refractivity contribution in [2.24, 2.45) is 0 Å². The highest BCUT2D eigenvalue weighted by Crippen LogP contribution is 2.31. The van der Waals surface area contributed by atoms with Gasteiger partial charge in [-0.15, -0.1) is 0 Å². The zero-order valence-electron chi connectivity index (χ0n) is 10.2. The first kappa shape index (κ1) is 11.1. The molecule has 5 heteroatoms. The Balaban J connectivity index is 1.99. The summed E-state index contributed by atoms with van der Waals surface area (Å²) in [6.45, 7) is 2.10. The van der Waals surface area contributed by atoms with E-state index in [0.29, 0.717) is 11.6 Å². The number of nitrogens with zero attached hydrogens (tertiary/aromatic N) is 3. The third-order valence-electron chi connectivity index (χ3n) is 3.24. The minimum atomic E-state index is 0.401. The van der Waals surface area contributed by atoms with Gasteiger partial charge in [0.1, 0.15) is 5.82 Å². The molecule has 94 valence electrons. The first-order valence-corrected chi connectivity index (χ1v) is 6.27. The van der Waals surface area contributed by atoms with Gasteiger partial charge in [0, 0.05) is 25.4 Å². The molecule has 0 unspecified atom stereocenters. The highest BCUT2D eigenvalue weighted by molar-refractivity contribution is 5.73. The molecule has 1 aliphatic heterocycles. The lowest BCUT2D eigenvalue weighted by molar-refractivity contribution is 0.435. The zero-order chi connectivity index (χ0) is 12.4. The lowest BCUT2D eigenvalue weighted by Gasteiger charge is -2.28. The van der Waals surface area contributed by atoms with E-state index in [0.717, 1.165) is 24.5 Å². The lowest BCUT2D eigenvalue weighted by atomic mass is 10.1. The molecule has 1 saturated heterocycles. The zero-order valence-corrected chi connectivity index (χ0v) is 10.2. The Kier molecular flexibility index (Phi) is 2.88. The first-order valence-electron chi connectivity index (χ1n) is 6.27. The predicted molar refractivity (Wildman–Crippen MR) is 70.2 cm³/mol. The van der Waals surface area contributed by atoms with Gasteiger partial charge in [0.2, 0.25) is 0 Å². The summed E-state index contributed by atoms with van der Waals surface area (Å²) in [7, 11) is 0. The summed E-state index contributed by atoms with van der Waals surface area (Å²) in [6.07, 6.45) is 5.55. The van der Waals surface area contributed by atoms with Crippen molar-refractivity contribution in [2.75, 3.05) is 23.7 Å². The number of hydrogen-bond acceptors (Lipinski definition) is 5. The van der Waals surface area contributed by atoms with Crippen molar-refractivity contribution in [3.05, 3.63) is 24.4 Å². The second-order valence-corrected chi connectivity index (χ2v) is 4.54. The van der Waals surface area contributed by atoms with Crippen LogP contribution in [-0.2, 0) is 0 Å². The van der Waals surface area contributed by atoms with Gasteiger partial charge in [0.25, 0.3) is 0 Å². The van der Waals surface area contributed by atoms with Gasteiger partial charge in [0.05, 0.1) is 5.56 Å². The van der Waals surface area contributed by atoms with E-state index >= 15 is 0 Å². The molecule has 3 heterocycles. The van der Waals surface area contributed by atoms with E-state index in [1.54, 1.807) is 6.07 Å². The topological polar surface area (TPSA) is 68.2 Å². The van der Waals surface area contributed by atoms with Gasteiger partial charge in [-0.1, -0.05) is 5.16 Å². The first-order chi connectivity index (χ1) is 8.84. The van der Waals surface area contributed by atoms with Crippen LogP contribution in [0.1, 0.15) is 19.3 Å². The van der Waals surface area contributed by atoms with Gasteiger partial charge in [-0.05, 0) is 31.4 Å². The fourth-order valence-corrected chi connectivity index (χ4v) is 2.36. The van der Waals surface area contributed by atoms with Gasteiger partial charge >= 0.3 is 0 Å². The van der Waals surface area contributed by atoms with Gasteiger partial charge in [-0.2, -0.15) is 0 Å². The van der Waals surface area contributed by atoms with Crippen molar-refractivity contribution >= 4 is 11.6 Å². The Morgan fingerprint density at radius 3 is 2.78 bits per heavy atom. The third kappa shape index (κ3) is 2.03. The van der Waals surface area contributed by atoms with Crippen LogP contribution in [0.3, 0.4) is 0 Å². The molecule has 5 nitrogen and oxygen atoms in total. The van der Waals surface area contributed by atoms with E-state index in [1.165, 1.54) is 19.3 Å². The standard InChI is InChI=1S/C13H16N4O/c14-12-9-11(18-16-12)10-5-4-6-15-13(10)17-7-2-1-3-8-17/h4-6,9H,1-3,7-8H2,(H2,14,16). The van der Waals surface area contributed by atoms with Crippen molar-refractivity contribution in [1.82, 2.24) is 10.1 Å². The SMILES string of the molecule is Nc1cc(-c2cccnc2N2CCCCC2)on1. The van der Waals surface area contributed by atoms with Crippen LogP contribution in [-0.4, -0.2) is 23.2 Å². The number of anilines is 2. The quantitative estimate of drug-likeness (QED) is 0.878. The van der Waals surface area contributed by atoms with E-state index in [4.69, 9.17) is 10.3 Å². The largest absolute Gasteiger partial charge is 0.381 e. The second-order valence-electron chi connectivity index (χ2n) is 4.54. The highest BCUT2D eigenvalue weighted by atomic mass is 16.5. The van der Waals surface area contributed by atoms with Gasteiger partial charge in [-0.3, -0.25) is 0 Å². The molecule has 1 fully saturated rings. The molecule has 0 aromatic carbocycles. The van der Waals surface area contributed by atoms with Crippen LogP contribution in [0.5, 0.6) is 0 Å². The molecule has 0 atom stereocenters. The Morgan fingerprint density at radius 2 is 2.06 bits per heavy atom. The number of nitrogen functional groups attached to an aromatic ring is 1. The van der Waals surface area contributed by atoms with Crippen molar-refractivity contribution in [1.29, 1.82) is 0 Å². The Labute approximate surface area is 106 Å². The molecule has 0 spiro atoms. The molecule has 1 aliphatic rings. The van der Waals surface area contributed by atoms with Crippen molar-refractivity contribution < 1.29 is 4.52 Å². The molecule has 0 saturated carbocycles. The molecule has 0 bridgehead atoms. The van der Waals surface area contributed by atoms with E-state index in [9.17, 15) is 0 Å². The molecular formula is C13H16N4O. The van der Waals surface area contributed by atoms with Crippen molar-refractivity contribution in [3.8, 4) is 11.3 Å². The fraction of sp³-hybridized carbons (Fsp3) is 0.385.